The van der Waals surface area contributed by atoms with Crippen molar-refractivity contribution >= 4 is 5.69 Å². The number of rotatable bonds is 6. The van der Waals surface area contributed by atoms with E-state index in [9.17, 15) is 0 Å². The standard InChI is InChI=1S/C17H22N2O/c1-18(2)14-19(16-9-5-4-6-10-16)13-15-8-7-11-17(12-15)20-3/h4-12H,13-14H2,1-3H3. The van der Waals surface area contributed by atoms with Crippen LogP contribution in [0.3, 0.4) is 0 Å². The predicted molar refractivity (Wildman–Crippen MR) is 84.2 cm³/mol. The summed E-state index contributed by atoms with van der Waals surface area (Å²) in [5, 5.41) is 0. The summed E-state index contributed by atoms with van der Waals surface area (Å²) in [5.41, 5.74) is 2.47. The molecule has 0 saturated heterocycles. The van der Waals surface area contributed by atoms with Crippen molar-refractivity contribution in [2.75, 3.05) is 32.8 Å². The van der Waals surface area contributed by atoms with Crippen molar-refractivity contribution in [1.29, 1.82) is 0 Å². The molecule has 3 nitrogen and oxygen atoms in total. The van der Waals surface area contributed by atoms with Gasteiger partial charge in [-0.2, -0.15) is 0 Å². The van der Waals surface area contributed by atoms with Crippen LogP contribution >= 0.6 is 0 Å². The summed E-state index contributed by atoms with van der Waals surface area (Å²) < 4.78 is 5.29. The van der Waals surface area contributed by atoms with Crippen molar-refractivity contribution in [2.45, 2.75) is 6.54 Å². The quantitative estimate of drug-likeness (QED) is 0.750. The summed E-state index contributed by atoms with van der Waals surface area (Å²) in [4.78, 5) is 4.52. The Kier molecular flexibility index (Phi) is 5.02. The first kappa shape index (κ1) is 14.4. The Morgan fingerprint density at radius 3 is 2.35 bits per heavy atom. The highest BCUT2D eigenvalue weighted by molar-refractivity contribution is 5.47. The van der Waals surface area contributed by atoms with Crippen molar-refractivity contribution < 1.29 is 4.74 Å². The largest absolute Gasteiger partial charge is 0.497 e. The van der Waals surface area contributed by atoms with E-state index in [1.807, 2.05) is 18.2 Å². The molecule has 0 amide bonds. The minimum absolute atomic E-state index is 0.861. The molecule has 0 unspecified atom stereocenters. The topological polar surface area (TPSA) is 15.7 Å². The third-order valence-electron chi connectivity index (χ3n) is 3.08. The van der Waals surface area contributed by atoms with Crippen molar-refractivity contribution in [2.24, 2.45) is 0 Å². The second-order valence-electron chi connectivity index (χ2n) is 5.11. The molecule has 0 spiro atoms. The lowest BCUT2D eigenvalue weighted by molar-refractivity contribution is 0.399. The molecule has 0 saturated carbocycles. The molecule has 2 aromatic carbocycles. The Labute approximate surface area is 121 Å². The summed E-state index contributed by atoms with van der Waals surface area (Å²) in [6.07, 6.45) is 0. The fourth-order valence-electron chi connectivity index (χ4n) is 2.19. The number of ether oxygens (including phenoxy) is 1. The van der Waals surface area contributed by atoms with Gasteiger partial charge in [0.05, 0.1) is 13.8 Å². The maximum absolute atomic E-state index is 5.29. The smallest absolute Gasteiger partial charge is 0.119 e. The van der Waals surface area contributed by atoms with Crippen LogP contribution in [0.2, 0.25) is 0 Å². The van der Waals surface area contributed by atoms with E-state index in [-0.39, 0.29) is 0 Å². The molecule has 106 valence electrons. The molecule has 0 radical (unpaired) electrons. The van der Waals surface area contributed by atoms with Gasteiger partial charge in [-0.25, -0.2) is 0 Å². The molecule has 3 heteroatoms. The van der Waals surface area contributed by atoms with Gasteiger partial charge in [0.15, 0.2) is 0 Å². The van der Waals surface area contributed by atoms with E-state index in [2.05, 4.69) is 60.3 Å². The van der Waals surface area contributed by atoms with Gasteiger partial charge < -0.3 is 9.64 Å². The summed E-state index contributed by atoms with van der Waals surface area (Å²) in [7, 11) is 5.87. The van der Waals surface area contributed by atoms with Crippen molar-refractivity contribution in [3.05, 3.63) is 60.2 Å². The van der Waals surface area contributed by atoms with E-state index in [1.54, 1.807) is 7.11 Å². The van der Waals surface area contributed by atoms with Crippen LogP contribution in [0.25, 0.3) is 0 Å². The fraction of sp³-hybridized carbons (Fsp3) is 0.294. The summed E-state index contributed by atoms with van der Waals surface area (Å²) in [6.45, 7) is 1.74. The van der Waals surface area contributed by atoms with E-state index >= 15 is 0 Å². The lowest BCUT2D eigenvalue weighted by atomic mass is 10.2. The summed E-state index contributed by atoms with van der Waals surface area (Å²) in [5.74, 6) is 0.903. The molecule has 0 aliphatic carbocycles. The Hall–Kier alpha value is -2.00. The highest BCUT2D eigenvalue weighted by Crippen LogP contribution is 2.19. The second kappa shape index (κ2) is 6.96. The molecule has 0 heterocycles. The van der Waals surface area contributed by atoms with E-state index in [0.717, 1.165) is 19.0 Å². The molecule has 20 heavy (non-hydrogen) atoms. The third kappa shape index (κ3) is 4.00. The SMILES string of the molecule is COc1cccc(CN(CN(C)C)c2ccccc2)c1. The summed E-state index contributed by atoms with van der Waals surface area (Å²) in [6, 6.07) is 18.7. The molecular formula is C17H22N2O. The van der Waals surface area contributed by atoms with Gasteiger partial charge >= 0.3 is 0 Å². The average Bonchev–Trinajstić information content (AvgIpc) is 2.47. The maximum atomic E-state index is 5.29. The Bertz CT molecular complexity index is 526. The molecule has 2 aromatic rings. The van der Waals surface area contributed by atoms with Crippen LogP contribution in [0.5, 0.6) is 5.75 Å². The number of para-hydroxylation sites is 1. The van der Waals surface area contributed by atoms with Gasteiger partial charge in [0, 0.05) is 12.2 Å². The van der Waals surface area contributed by atoms with Gasteiger partial charge in [0.25, 0.3) is 0 Å². The molecule has 0 atom stereocenters. The minimum atomic E-state index is 0.861. The zero-order valence-corrected chi connectivity index (χ0v) is 12.4. The summed E-state index contributed by atoms with van der Waals surface area (Å²) >= 11 is 0. The molecule has 0 bridgehead atoms. The van der Waals surface area contributed by atoms with Crippen molar-refractivity contribution in [1.82, 2.24) is 4.90 Å². The zero-order chi connectivity index (χ0) is 14.4. The Morgan fingerprint density at radius 1 is 0.950 bits per heavy atom. The van der Waals surface area contributed by atoms with Crippen LogP contribution in [0.4, 0.5) is 5.69 Å². The van der Waals surface area contributed by atoms with E-state index in [1.165, 1.54) is 11.3 Å². The van der Waals surface area contributed by atoms with Crippen LogP contribution in [-0.2, 0) is 6.54 Å². The van der Waals surface area contributed by atoms with Crippen LogP contribution in [0.15, 0.2) is 54.6 Å². The molecule has 0 N–H and O–H groups in total. The van der Waals surface area contributed by atoms with Crippen LogP contribution in [0, 0.1) is 0 Å². The van der Waals surface area contributed by atoms with Crippen molar-refractivity contribution in [3.8, 4) is 5.75 Å². The highest BCUT2D eigenvalue weighted by atomic mass is 16.5. The van der Waals surface area contributed by atoms with Crippen molar-refractivity contribution in [3.63, 3.8) is 0 Å². The first-order chi connectivity index (χ1) is 9.69. The molecule has 2 rings (SSSR count). The van der Waals surface area contributed by atoms with Crippen LogP contribution in [-0.4, -0.2) is 32.8 Å². The second-order valence-corrected chi connectivity index (χ2v) is 5.11. The number of benzene rings is 2. The van der Waals surface area contributed by atoms with Crippen LogP contribution < -0.4 is 9.64 Å². The Balaban J connectivity index is 2.19. The minimum Gasteiger partial charge on any atom is -0.497 e. The van der Waals surface area contributed by atoms with Gasteiger partial charge in [-0.15, -0.1) is 0 Å². The van der Waals surface area contributed by atoms with Gasteiger partial charge in [0.1, 0.15) is 5.75 Å². The Morgan fingerprint density at radius 2 is 1.70 bits per heavy atom. The predicted octanol–water partition coefficient (Wildman–Crippen LogP) is 3.22. The lowest BCUT2D eigenvalue weighted by Crippen LogP contribution is -2.33. The van der Waals surface area contributed by atoms with E-state index < -0.39 is 0 Å². The van der Waals surface area contributed by atoms with E-state index in [0.29, 0.717) is 0 Å². The number of methoxy groups -OCH3 is 1. The third-order valence-corrected chi connectivity index (χ3v) is 3.08. The molecule has 0 aromatic heterocycles. The van der Waals surface area contributed by atoms with Gasteiger partial charge in [-0.3, -0.25) is 4.90 Å². The number of nitrogens with zero attached hydrogens (tertiary/aromatic N) is 2. The highest BCUT2D eigenvalue weighted by Gasteiger charge is 2.08. The monoisotopic (exact) mass is 270 g/mol. The maximum Gasteiger partial charge on any atom is 0.119 e. The number of anilines is 1. The fourth-order valence-corrected chi connectivity index (χ4v) is 2.19. The van der Waals surface area contributed by atoms with Crippen LogP contribution in [0.1, 0.15) is 5.56 Å². The first-order valence-electron chi connectivity index (χ1n) is 6.76. The zero-order valence-electron chi connectivity index (χ0n) is 12.4. The lowest BCUT2D eigenvalue weighted by Gasteiger charge is -2.28. The van der Waals surface area contributed by atoms with E-state index in [4.69, 9.17) is 4.74 Å². The van der Waals surface area contributed by atoms with Gasteiger partial charge in [-0.1, -0.05) is 30.3 Å². The van der Waals surface area contributed by atoms with Gasteiger partial charge in [0.2, 0.25) is 0 Å². The van der Waals surface area contributed by atoms with Gasteiger partial charge in [-0.05, 0) is 43.9 Å². The first-order valence-corrected chi connectivity index (χ1v) is 6.76. The molecule has 0 aliphatic rings. The normalized spacial score (nSPS) is 10.6. The number of hydrogen-bond acceptors (Lipinski definition) is 3. The molecule has 0 fully saturated rings. The number of hydrogen-bond donors (Lipinski definition) is 0. The average molecular weight is 270 g/mol. The molecule has 0 aliphatic heterocycles. The molecular weight excluding hydrogens is 248 g/mol.